The van der Waals surface area contributed by atoms with Crippen molar-refractivity contribution in [1.82, 2.24) is 0 Å². The summed E-state index contributed by atoms with van der Waals surface area (Å²) in [7, 11) is 1.05. The standard InChI is InChI=1S/C11H24O4Si/c1-9(15-10(2)16)13-6-4-3-5-12-7-11-8-14-11/h9-11H,3-8H2,1-2,16H3. The lowest BCUT2D eigenvalue weighted by Crippen LogP contribution is -2.20. The normalized spacial score (nSPS) is 23.2. The largest absolute Gasteiger partial charge is 0.379 e. The molecule has 5 heteroatoms. The number of hydrogen-bond acceptors (Lipinski definition) is 4. The molecule has 4 nitrogen and oxygen atoms in total. The van der Waals surface area contributed by atoms with Crippen LogP contribution in [-0.4, -0.2) is 54.8 Å². The van der Waals surface area contributed by atoms with Gasteiger partial charge < -0.3 is 18.9 Å². The van der Waals surface area contributed by atoms with E-state index in [1.54, 1.807) is 0 Å². The second-order valence-corrected chi connectivity index (χ2v) is 5.99. The van der Waals surface area contributed by atoms with Gasteiger partial charge >= 0.3 is 0 Å². The van der Waals surface area contributed by atoms with Gasteiger partial charge in [-0.05, 0) is 26.7 Å². The third-order valence-corrected chi connectivity index (χ3v) is 2.48. The summed E-state index contributed by atoms with van der Waals surface area (Å²) in [6, 6.07) is 0. The number of epoxide rings is 1. The van der Waals surface area contributed by atoms with Gasteiger partial charge in [0.25, 0.3) is 0 Å². The molecular weight excluding hydrogens is 224 g/mol. The summed E-state index contributed by atoms with van der Waals surface area (Å²) in [5.41, 5.74) is 0.358. The van der Waals surface area contributed by atoms with Crippen LogP contribution in [-0.2, 0) is 18.9 Å². The third kappa shape index (κ3) is 8.24. The molecule has 1 fully saturated rings. The third-order valence-electron chi connectivity index (χ3n) is 2.21. The Morgan fingerprint density at radius 3 is 2.62 bits per heavy atom. The van der Waals surface area contributed by atoms with Crippen molar-refractivity contribution in [2.45, 2.75) is 44.8 Å². The van der Waals surface area contributed by atoms with E-state index in [1.165, 1.54) is 0 Å². The van der Waals surface area contributed by atoms with Crippen LogP contribution in [0.15, 0.2) is 0 Å². The minimum atomic E-state index is -0.0757. The van der Waals surface area contributed by atoms with Gasteiger partial charge in [-0.25, -0.2) is 0 Å². The van der Waals surface area contributed by atoms with E-state index in [2.05, 4.69) is 6.92 Å². The predicted molar refractivity (Wildman–Crippen MR) is 65.7 cm³/mol. The summed E-state index contributed by atoms with van der Waals surface area (Å²) in [5, 5.41) is 0. The zero-order valence-electron chi connectivity index (χ0n) is 10.6. The first kappa shape index (κ1) is 14.1. The van der Waals surface area contributed by atoms with Crippen LogP contribution in [0.4, 0.5) is 0 Å². The predicted octanol–water partition coefficient (Wildman–Crippen LogP) is 0.273. The molecule has 0 N–H and O–H groups in total. The zero-order valence-corrected chi connectivity index (χ0v) is 12.6. The Morgan fingerprint density at radius 1 is 1.31 bits per heavy atom. The van der Waals surface area contributed by atoms with Crippen LogP contribution in [0.5, 0.6) is 0 Å². The van der Waals surface area contributed by atoms with Gasteiger partial charge in [0.2, 0.25) is 0 Å². The van der Waals surface area contributed by atoms with Crippen LogP contribution in [0.25, 0.3) is 0 Å². The lowest BCUT2D eigenvalue weighted by atomic mass is 10.3. The van der Waals surface area contributed by atoms with Gasteiger partial charge in [0.15, 0.2) is 6.29 Å². The van der Waals surface area contributed by atoms with Crippen molar-refractivity contribution in [3.8, 4) is 0 Å². The fourth-order valence-corrected chi connectivity index (χ4v) is 1.74. The average Bonchev–Trinajstić information content (AvgIpc) is 2.99. The van der Waals surface area contributed by atoms with Crippen LogP contribution in [0.3, 0.4) is 0 Å². The highest BCUT2D eigenvalue weighted by Gasteiger charge is 2.21. The maximum absolute atomic E-state index is 5.51. The van der Waals surface area contributed by atoms with Crippen molar-refractivity contribution >= 4 is 10.2 Å². The molecule has 96 valence electrons. The van der Waals surface area contributed by atoms with E-state index in [4.69, 9.17) is 18.9 Å². The number of ether oxygens (including phenoxy) is 4. The quantitative estimate of drug-likeness (QED) is 0.241. The van der Waals surface area contributed by atoms with Crippen LogP contribution in [0.1, 0.15) is 26.7 Å². The minimum absolute atomic E-state index is 0.0757. The summed E-state index contributed by atoms with van der Waals surface area (Å²) in [5.74, 6) is 0. The number of unbranched alkanes of at least 4 members (excludes halogenated alkanes) is 1. The molecule has 3 atom stereocenters. The molecule has 0 bridgehead atoms. The molecule has 0 aromatic rings. The van der Waals surface area contributed by atoms with Crippen molar-refractivity contribution in [3.05, 3.63) is 0 Å². The summed E-state index contributed by atoms with van der Waals surface area (Å²) in [6.45, 7) is 7.19. The second kappa shape index (κ2) is 8.19. The van der Waals surface area contributed by atoms with Gasteiger partial charge in [-0.2, -0.15) is 0 Å². The molecule has 0 radical (unpaired) electrons. The van der Waals surface area contributed by atoms with E-state index >= 15 is 0 Å². The molecule has 3 unspecified atom stereocenters. The molecule has 0 saturated carbocycles. The molecule has 1 rings (SSSR count). The van der Waals surface area contributed by atoms with E-state index in [0.717, 1.165) is 49.5 Å². The molecule has 1 heterocycles. The lowest BCUT2D eigenvalue weighted by molar-refractivity contribution is -0.138. The van der Waals surface area contributed by atoms with E-state index in [9.17, 15) is 0 Å². The Labute approximate surface area is 101 Å². The fourth-order valence-electron chi connectivity index (χ4n) is 1.36. The summed E-state index contributed by atoms with van der Waals surface area (Å²) in [6.07, 6.45) is 2.36. The van der Waals surface area contributed by atoms with E-state index in [1.807, 2.05) is 6.92 Å². The van der Waals surface area contributed by atoms with Gasteiger partial charge in [-0.1, -0.05) is 0 Å². The molecule has 0 aromatic carbocycles. The lowest BCUT2D eigenvalue weighted by Gasteiger charge is -2.16. The highest BCUT2D eigenvalue weighted by molar-refractivity contribution is 6.10. The number of rotatable bonds is 10. The Hall–Kier alpha value is 0.0569. The minimum Gasteiger partial charge on any atom is -0.379 e. The topological polar surface area (TPSA) is 40.2 Å². The maximum atomic E-state index is 5.51. The van der Waals surface area contributed by atoms with Gasteiger partial charge in [0.1, 0.15) is 6.10 Å². The molecule has 1 saturated heterocycles. The molecule has 0 aliphatic carbocycles. The summed E-state index contributed by atoms with van der Waals surface area (Å²) >= 11 is 0. The van der Waals surface area contributed by atoms with Crippen LogP contribution < -0.4 is 0 Å². The molecular formula is C11H24O4Si. The smallest absolute Gasteiger partial charge is 0.154 e. The molecule has 1 aliphatic heterocycles. The summed E-state index contributed by atoms with van der Waals surface area (Å²) < 4.78 is 21.5. The van der Waals surface area contributed by atoms with Crippen LogP contribution >= 0.6 is 0 Å². The van der Waals surface area contributed by atoms with Crippen molar-refractivity contribution in [2.24, 2.45) is 0 Å². The monoisotopic (exact) mass is 248 g/mol. The average molecular weight is 248 g/mol. The van der Waals surface area contributed by atoms with Crippen LogP contribution in [0.2, 0.25) is 0 Å². The van der Waals surface area contributed by atoms with E-state index < -0.39 is 0 Å². The van der Waals surface area contributed by atoms with Gasteiger partial charge in [0.05, 0.1) is 13.2 Å². The SMILES string of the molecule is CC([SiH3])OC(C)OCCCCOCC1CO1. The van der Waals surface area contributed by atoms with Crippen molar-refractivity contribution in [3.63, 3.8) is 0 Å². The Bertz CT molecular complexity index is 173. The molecule has 0 aromatic heterocycles. The van der Waals surface area contributed by atoms with Gasteiger partial charge in [-0.15, -0.1) is 0 Å². The Morgan fingerprint density at radius 2 is 2.00 bits per heavy atom. The first-order valence-corrected chi connectivity index (χ1v) is 7.30. The van der Waals surface area contributed by atoms with Crippen LogP contribution in [0, 0.1) is 0 Å². The van der Waals surface area contributed by atoms with E-state index in [0.29, 0.717) is 11.8 Å². The van der Waals surface area contributed by atoms with Gasteiger partial charge in [0, 0.05) is 29.2 Å². The summed E-state index contributed by atoms with van der Waals surface area (Å²) in [4.78, 5) is 0. The number of hydrogen-bond donors (Lipinski definition) is 0. The first-order valence-electron chi connectivity index (χ1n) is 6.15. The zero-order chi connectivity index (χ0) is 11.8. The Balaban J connectivity index is 1.76. The highest BCUT2D eigenvalue weighted by Crippen LogP contribution is 2.08. The first-order chi connectivity index (χ1) is 7.68. The molecule has 16 heavy (non-hydrogen) atoms. The van der Waals surface area contributed by atoms with Crippen molar-refractivity contribution in [1.29, 1.82) is 0 Å². The van der Waals surface area contributed by atoms with Crippen molar-refractivity contribution in [2.75, 3.05) is 26.4 Å². The maximum Gasteiger partial charge on any atom is 0.154 e. The molecule has 1 aliphatic rings. The fraction of sp³-hybridized carbons (Fsp3) is 1.00. The molecule has 0 spiro atoms. The van der Waals surface area contributed by atoms with E-state index in [-0.39, 0.29) is 6.29 Å². The second-order valence-electron chi connectivity index (χ2n) is 4.36. The van der Waals surface area contributed by atoms with Crippen molar-refractivity contribution < 1.29 is 18.9 Å². The highest BCUT2D eigenvalue weighted by atomic mass is 28.1. The molecule has 0 amide bonds. The Kier molecular flexibility index (Phi) is 7.23. The van der Waals surface area contributed by atoms with Gasteiger partial charge in [-0.3, -0.25) is 0 Å².